The molecule has 0 bridgehead atoms. The van der Waals surface area contributed by atoms with Crippen LogP contribution in [0.3, 0.4) is 0 Å². The zero-order chi connectivity index (χ0) is 10.2. The van der Waals surface area contributed by atoms with Crippen LogP contribution in [-0.4, -0.2) is 10.2 Å². The first-order valence-electron chi connectivity index (χ1n) is 4.09. The number of carbonyl (C=O) groups is 1. The zero-order valence-corrected chi connectivity index (χ0v) is 8.99. The second kappa shape index (κ2) is 3.46. The van der Waals surface area contributed by atoms with Crippen LogP contribution in [0, 0.1) is 27.7 Å². The SMILES string of the molecule is Cc1nc(C)c(C)c(C(=O)Cl)c1C. The van der Waals surface area contributed by atoms with Crippen molar-refractivity contribution in [2.24, 2.45) is 0 Å². The molecule has 0 saturated heterocycles. The highest BCUT2D eigenvalue weighted by molar-refractivity contribution is 6.68. The van der Waals surface area contributed by atoms with Crippen LogP contribution in [0.5, 0.6) is 0 Å². The van der Waals surface area contributed by atoms with Crippen LogP contribution in [0.4, 0.5) is 0 Å². The smallest absolute Gasteiger partial charge is 0.253 e. The Morgan fingerprint density at radius 3 is 1.77 bits per heavy atom. The second-order valence-electron chi connectivity index (χ2n) is 3.18. The van der Waals surface area contributed by atoms with E-state index in [-0.39, 0.29) is 0 Å². The van der Waals surface area contributed by atoms with E-state index in [9.17, 15) is 4.79 Å². The van der Waals surface area contributed by atoms with Crippen LogP contribution in [0.25, 0.3) is 0 Å². The van der Waals surface area contributed by atoms with Gasteiger partial charge in [0.05, 0.1) is 0 Å². The van der Waals surface area contributed by atoms with Gasteiger partial charge in [-0.15, -0.1) is 0 Å². The molecule has 0 saturated carbocycles. The minimum absolute atomic E-state index is 0.399. The molecule has 0 aromatic carbocycles. The largest absolute Gasteiger partial charge is 0.276 e. The third kappa shape index (κ3) is 1.73. The maximum Gasteiger partial charge on any atom is 0.253 e. The molecule has 0 aliphatic rings. The number of hydrogen-bond donors (Lipinski definition) is 0. The van der Waals surface area contributed by atoms with Crippen molar-refractivity contribution in [2.75, 3.05) is 0 Å². The first-order chi connectivity index (χ1) is 5.95. The van der Waals surface area contributed by atoms with Crippen molar-refractivity contribution < 1.29 is 4.79 Å². The van der Waals surface area contributed by atoms with E-state index in [1.54, 1.807) is 0 Å². The predicted octanol–water partition coefficient (Wildman–Crippen LogP) is 2.69. The average molecular weight is 198 g/mol. The lowest BCUT2D eigenvalue weighted by molar-refractivity contribution is 0.108. The van der Waals surface area contributed by atoms with E-state index in [0.717, 1.165) is 22.5 Å². The summed E-state index contributed by atoms with van der Waals surface area (Å²) in [6.07, 6.45) is 0. The Kier molecular flexibility index (Phi) is 2.71. The van der Waals surface area contributed by atoms with Crippen molar-refractivity contribution in [1.82, 2.24) is 4.98 Å². The number of nitrogens with zero attached hydrogens (tertiary/aromatic N) is 1. The molecule has 13 heavy (non-hydrogen) atoms. The molecule has 0 unspecified atom stereocenters. The third-order valence-electron chi connectivity index (χ3n) is 2.37. The summed E-state index contributed by atoms with van der Waals surface area (Å²) < 4.78 is 0. The third-order valence-corrected chi connectivity index (χ3v) is 2.56. The predicted molar refractivity (Wildman–Crippen MR) is 53.4 cm³/mol. The molecule has 2 nitrogen and oxygen atoms in total. The minimum atomic E-state index is -0.399. The van der Waals surface area contributed by atoms with Gasteiger partial charge >= 0.3 is 0 Å². The van der Waals surface area contributed by atoms with Crippen LogP contribution in [0.2, 0.25) is 0 Å². The molecule has 1 aromatic heterocycles. The molecule has 0 spiro atoms. The first-order valence-corrected chi connectivity index (χ1v) is 4.47. The van der Waals surface area contributed by atoms with Crippen molar-refractivity contribution in [1.29, 1.82) is 0 Å². The lowest BCUT2D eigenvalue weighted by atomic mass is 10.0. The molecule has 3 heteroatoms. The van der Waals surface area contributed by atoms with Gasteiger partial charge in [-0.3, -0.25) is 9.78 Å². The van der Waals surface area contributed by atoms with Gasteiger partial charge in [0.15, 0.2) is 0 Å². The fraction of sp³-hybridized carbons (Fsp3) is 0.400. The van der Waals surface area contributed by atoms with E-state index in [4.69, 9.17) is 11.6 Å². The van der Waals surface area contributed by atoms with Gasteiger partial charge in [-0.05, 0) is 50.4 Å². The Morgan fingerprint density at radius 2 is 1.46 bits per heavy atom. The Hall–Kier alpha value is -0.890. The molecule has 0 N–H and O–H groups in total. The van der Waals surface area contributed by atoms with Gasteiger partial charge in [-0.2, -0.15) is 0 Å². The van der Waals surface area contributed by atoms with Gasteiger partial charge in [0.1, 0.15) is 0 Å². The van der Waals surface area contributed by atoms with E-state index in [0.29, 0.717) is 5.56 Å². The molecule has 0 atom stereocenters. The topological polar surface area (TPSA) is 30.0 Å². The highest BCUT2D eigenvalue weighted by atomic mass is 35.5. The van der Waals surface area contributed by atoms with E-state index < -0.39 is 5.24 Å². The Labute approximate surface area is 82.9 Å². The average Bonchev–Trinajstić information content (AvgIpc) is 2.01. The minimum Gasteiger partial charge on any atom is -0.276 e. The summed E-state index contributed by atoms with van der Waals surface area (Å²) in [5, 5.41) is -0.399. The highest BCUT2D eigenvalue weighted by Crippen LogP contribution is 2.20. The summed E-state index contributed by atoms with van der Waals surface area (Å²) in [5.41, 5.74) is 4.09. The van der Waals surface area contributed by atoms with E-state index in [2.05, 4.69) is 4.98 Å². The molecular formula is C10H12ClNO. The summed E-state index contributed by atoms with van der Waals surface area (Å²) >= 11 is 5.49. The monoisotopic (exact) mass is 197 g/mol. The number of aromatic nitrogens is 1. The molecule has 0 fully saturated rings. The number of rotatable bonds is 1. The molecule has 1 aromatic rings. The second-order valence-corrected chi connectivity index (χ2v) is 3.52. The Morgan fingerprint density at radius 1 is 1.08 bits per heavy atom. The summed E-state index contributed by atoms with van der Waals surface area (Å²) in [4.78, 5) is 15.4. The number of carbonyl (C=O) groups excluding carboxylic acids is 1. The Bertz CT molecular complexity index is 345. The number of halogens is 1. The number of hydrogen-bond acceptors (Lipinski definition) is 2. The first kappa shape index (κ1) is 10.2. The Balaban J connectivity index is 3.56. The van der Waals surface area contributed by atoms with Crippen molar-refractivity contribution in [3.63, 3.8) is 0 Å². The molecular weight excluding hydrogens is 186 g/mol. The normalized spacial score (nSPS) is 10.2. The van der Waals surface area contributed by atoms with Crippen molar-refractivity contribution in [3.05, 3.63) is 28.1 Å². The lowest BCUT2D eigenvalue weighted by Crippen LogP contribution is -2.05. The number of pyridine rings is 1. The molecule has 0 radical (unpaired) electrons. The van der Waals surface area contributed by atoms with Crippen LogP contribution in [0.15, 0.2) is 0 Å². The molecule has 70 valence electrons. The van der Waals surface area contributed by atoms with Crippen LogP contribution >= 0.6 is 11.6 Å². The highest BCUT2D eigenvalue weighted by Gasteiger charge is 2.14. The summed E-state index contributed by atoms with van der Waals surface area (Å²) in [6.45, 7) is 7.49. The number of aryl methyl sites for hydroxylation is 2. The van der Waals surface area contributed by atoms with Crippen molar-refractivity contribution in [3.8, 4) is 0 Å². The summed E-state index contributed by atoms with van der Waals surface area (Å²) in [7, 11) is 0. The van der Waals surface area contributed by atoms with Gasteiger partial charge in [-0.1, -0.05) is 0 Å². The zero-order valence-electron chi connectivity index (χ0n) is 8.23. The molecule has 0 amide bonds. The van der Waals surface area contributed by atoms with Gasteiger partial charge < -0.3 is 0 Å². The van der Waals surface area contributed by atoms with E-state index >= 15 is 0 Å². The fourth-order valence-corrected chi connectivity index (χ4v) is 1.64. The standard InChI is InChI=1S/C10H12ClNO/c1-5-7(3)12-8(4)6(2)9(5)10(11)13/h1-4H3. The fourth-order valence-electron chi connectivity index (χ4n) is 1.36. The quantitative estimate of drug-likeness (QED) is 0.648. The molecule has 1 heterocycles. The van der Waals surface area contributed by atoms with E-state index in [1.807, 2.05) is 27.7 Å². The molecule has 1 rings (SSSR count). The van der Waals surface area contributed by atoms with Gasteiger partial charge in [-0.25, -0.2) is 0 Å². The van der Waals surface area contributed by atoms with Crippen molar-refractivity contribution in [2.45, 2.75) is 27.7 Å². The maximum atomic E-state index is 11.1. The summed E-state index contributed by atoms with van der Waals surface area (Å²) in [5.74, 6) is 0. The van der Waals surface area contributed by atoms with Gasteiger partial charge in [0, 0.05) is 17.0 Å². The van der Waals surface area contributed by atoms with Crippen LogP contribution < -0.4 is 0 Å². The van der Waals surface area contributed by atoms with Gasteiger partial charge in [0.25, 0.3) is 5.24 Å². The molecule has 0 aliphatic heterocycles. The maximum absolute atomic E-state index is 11.1. The summed E-state index contributed by atoms with van der Waals surface area (Å²) in [6, 6.07) is 0. The molecule has 0 aliphatic carbocycles. The lowest BCUT2D eigenvalue weighted by Gasteiger charge is -2.10. The van der Waals surface area contributed by atoms with E-state index in [1.165, 1.54) is 0 Å². The van der Waals surface area contributed by atoms with Gasteiger partial charge in [0.2, 0.25) is 0 Å². The van der Waals surface area contributed by atoms with Crippen LogP contribution in [-0.2, 0) is 0 Å². The van der Waals surface area contributed by atoms with Crippen LogP contribution in [0.1, 0.15) is 32.9 Å². The van der Waals surface area contributed by atoms with Crippen molar-refractivity contribution >= 4 is 16.8 Å².